The lowest BCUT2D eigenvalue weighted by atomic mass is 9.50. The zero-order chi connectivity index (χ0) is 25.4. The number of rotatable bonds is 10. The molecule has 0 spiro atoms. The molecule has 10 heteroatoms. The van der Waals surface area contributed by atoms with E-state index in [-0.39, 0.29) is 18.6 Å². The minimum atomic E-state index is -1.17. The van der Waals surface area contributed by atoms with Crippen LogP contribution in [-0.2, 0) is 22.7 Å². The zero-order valence-corrected chi connectivity index (χ0v) is 21.6. The largest absolute Gasteiger partial charge is 0.395 e. The molecule has 4 bridgehead atoms. The first kappa shape index (κ1) is 26.0. The van der Waals surface area contributed by atoms with Gasteiger partial charge in [0.2, 0.25) is 5.91 Å². The number of aliphatic hydroxyl groups excluding tert-OH is 3. The van der Waals surface area contributed by atoms with Crippen LogP contribution in [0.1, 0.15) is 64.5 Å². The number of amides is 1. The van der Waals surface area contributed by atoms with Crippen LogP contribution in [0, 0.1) is 23.2 Å². The fourth-order valence-electron chi connectivity index (χ4n) is 8.34. The van der Waals surface area contributed by atoms with Crippen LogP contribution in [0.4, 0.5) is 0 Å². The molecule has 5 atom stereocenters. The van der Waals surface area contributed by atoms with Gasteiger partial charge < -0.3 is 25.4 Å². The molecule has 1 aromatic heterocycles. The maximum absolute atomic E-state index is 11.7. The molecule has 36 heavy (non-hydrogen) atoms. The minimum absolute atomic E-state index is 0.226. The Morgan fingerprint density at radius 3 is 2.36 bits per heavy atom. The highest BCUT2D eigenvalue weighted by Crippen LogP contribution is 2.60. The van der Waals surface area contributed by atoms with Crippen molar-refractivity contribution in [2.75, 3.05) is 19.8 Å². The van der Waals surface area contributed by atoms with Crippen molar-refractivity contribution >= 4 is 5.91 Å². The summed E-state index contributed by atoms with van der Waals surface area (Å²) in [5.74, 6) is 2.47. The molecular formula is C26H43N5O5. The number of hydrogen-bond acceptors (Lipinski definition) is 8. The Kier molecular flexibility index (Phi) is 7.70. The van der Waals surface area contributed by atoms with Crippen LogP contribution < -0.4 is 5.32 Å². The Bertz CT molecular complexity index is 874. The number of likely N-dealkylation sites (tertiary alicyclic amines) is 1. The summed E-state index contributed by atoms with van der Waals surface area (Å²) < 4.78 is 7.96. The van der Waals surface area contributed by atoms with E-state index in [1.54, 1.807) is 4.68 Å². The van der Waals surface area contributed by atoms with Crippen LogP contribution >= 0.6 is 0 Å². The number of nitrogens with zero attached hydrogens (tertiary/aromatic N) is 4. The molecular weight excluding hydrogens is 462 g/mol. The van der Waals surface area contributed by atoms with Crippen molar-refractivity contribution in [1.82, 2.24) is 25.2 Å². The first-order valence-corrected chi connectivity index (χ1v) is 13.8. The average Bonchev–Trinajstić information content (AvgIpc) is 3.27. The highest BCUT2D eigenvalue weighted by Gasteiger charge is 2.51. The Hall–Kier alpha value is -1.59. The van der Waals surface area contributed by atoms with E-state index in [1.165, 1.54) is 45.4 Å². The fourth-order valence-corrected chi connectivity index (χ4v) is 8.34. The van der Waals surface area contributed by atoms with E-state index in [2.05, 4.69) is 15.6 Å². The van der Waals surface area contributed by atoms with Crippen LogP contribution in [0.2, 0.25) is 0 Å². The fraction of sp³-hybridized carbons (Fsp3) is 0.885. The summed E-state index contributed by atoms with van der Waals surface area (Å²) in [6.07, 6.45) is 8.51. The standard InChI is InChI=1S/C26H43N5O5/c1-3-21-23(27-16(2)33)25(35)24(34)22(13-32)31(21)5-4-30-12-20(28-29-30)14-36-15-26-9-17-6-18(10-26)8-19(7-17)11-26/h12,17-19,21-25,32,34-35H,3-11,13-15H2,1-2H3,(H,27,33)/t17?,18?,19?,21-,22+,23-,24+,25+,26?/m0/s1. The number of carbonyl (C=O) groups excluding carboxylic acids is 1. The summed E-state index contributed by atoms with van der Waals surface area (Å²) in [6.45, 7) is 5.35. The van der Waals surface area contributed by atoms with E-state index in [9.17, 15) is 20.1 Å². The summed E-state index contributed by atoms with van der Waals surface area (Å²) in [6, 6.07) is -1.47. The molecule has 4 N–H and O–H groups in total. The number of aliphatic hydroxyl groups is 3. The van der Waals surface area contributed by atoms with Gasteiger partial charge in [-0.2, -0.15) is 0 Å². The third-order valence-corrected chi connectivity index (χ3v) is 9.35. The van der Waals surface area contributed by atoms with E-state index in [4.69, 9.17) is 4.74 Å². The Morgan fingerprint density at radius 2 is 1.78 bits per heavy atom. The molecule has 0 aromatic carbocycles. The summed E-state index contributed by atoms with van der Waals surface area (Å²) in [5.41, 5.74) is 1.18. The first-order valence-electron chi connectivity index (χ1n) is 13.8. The van der Waals surface area contributed by atoms with Crippen LogP contribution in [0.25, 0.3) is 0 Å². The number of nitrogens with one attached hydrogen (secondary N) is 1. The van der Waals surface area contributed by atoms with Gasteiger partial charge in [-0.05, 0) is 68.1 Å². The summed E-state index contributed by atoms with van der Waals surface area (Å²) in [7, 11) is 0. The lowest BCUT2D eigenvalue weighted by Crippen LogP contribution is -2.71. The summed E-state index contributed by atoms with van der Waals surface area (Å²) in [4.78, 5) is 13.7. The smallest absolute Gasteiger partial charge is 0.217 e. The third-order valence-electron chi connectivity index (χ3n) is 9.35. The molecule has 4 aliphatic carbocycles. The Morgan fingerprint density at radius 1 is 1.11 bits per heavy atom. The molecule has 1 aromatic rings. The lowest BCUT2D eigenvalue weighted by Gasteiger charge is -2.56. The third kappa shape index (κ3) is 5.20. The monoisotopic (exact) mass is 505 g/mol. The molecule has 4 saturated carbocycles. The molecule has 1 amide bonds. The zero-order valence-electron chi connectivity index (χ0n) is 21.6. The van der Waals surface area contributed by atoms with Gasteiger partial charge in [-0.15, -0.1) is 5.10 Å². The minimum Gasteiger partial charge on any atom is -0.395 e. The van der Waals surface area contributed by atoms with E-state index in [0.717, 1.165) is 30.1 Å². The second-order valence-corrected chi connectivity index (χ2v) is 12.1. The van der Waals surface area contributed by atoms with Gasteiger partial charge >= 0.3 is 0 Å². The van der Waals surface area contributed by atoms with Gasteiger partial charge in [0.15, 0.2) is 0 Å². The molecule has 0 unspecified atom stereocenters. The quantitative estimate of drug-likeness (QED) is 0.365. The molecule has 5 aliphatic rings. The number of piperidine rings is 1. The normalized spacial score (nSPS) is 40.0. The number of ether oxygens (including phenoxy) is 1. The molecule has 10 nitrogen and oxygen atoms in total. The predicted octanol–water partition coefficient (Wildman–Crippen LogP) is 0.693. The number of aromatic nitrogens is 3. The van der Waals surface area contributed by atoms with E-state index >= 15 is 0 Å². The molecule has 5 fully saturated rings. The van der Waals surface area contributed by atoms with Gasteiger partial charge in [-0.3, -0.25) is 14.4 Å². The van der Waals surface area contributed by atoms with Crippen LogP contribution in [0.5, 0.6) is 0 Å². The van der Waals surface area contributed by atoms with Crippen molar-refractivity contribution in [3.05, 3.63) is 11.9 Å². The van der Waals surface area contributed by atoms with Crippen molar-refractivity contribution in [3.63, 3.8) is 0 Å². The first-order chi connectivity index (χ1) is 17.3. The maximum atomic E-state index is 11.7. The summed E-state index contributed by atoms with van der Waals surface area (Å²) in [5, 5.41) is 42.6. The Labute approximate surface area is 213 Å². The van der Waals surface area contributed by atoms with Crippen molar-refractivity contribution in [3.8, 4) is 0 Å². The number of carbonyl (C=O) groups is 1. The van der Waals surface area contributed by atoms with Gasteiger partial charge in [0.1, 0.15) is 11.8 Å². The average molecular weight is 506 g/mol. The maximum Gasteiger partial charge on any atom is 0.217 e. The Balaban J connectivity index is 1.16. The van der Waals surface area contributed by atoms with Gasteiger partial charge in [-0.1, -0.05) is 12.1 Å². The van der Waals surface area contributed by atoms with E-state index < -0.39 is 24.3 Å². The topological polar surface area (TPSA) is 133 Å². The van der Waals surface area contributed by atoms with E-state index in [0.29, 0.717) is 31.5 Å². The van der Waals surface area contributed by atoms with Crippen molar-refractivity contribution < 1.29 is 24.9 Å². The molecule has 6 rings (SSSR count). The SMILES string of the molecule is CC[C@H]1[C@H](NC(C)=O)[C@@H](O)[C@H](O)[C@@H](CO)N1CCn1cc(COCC23CC4CC(CC(C4)C2)C3)nn1. The van der Waals surface area contributed by atoms with Crippen LogP contribution in [0.15, 0.2) is 6.20 Å². The second-order valence-electron chi connectivity index (χ2n) is 12.1. The second kappa shape index (κ2) is 10.6. The van der Waals surface area contributed by atoms with Crippen LogP contribution in [-0.4, -0.2) is 91.2 Å². The van der Waals surface area contributed by atoms with Gasteiger partial charge in [0.05, 0.1) is 50.7 Å². The molecule has 1 aliphatic heterocycles. The van der Waals surface area contributed by atoms with Crippen molar-refractivity contribution in [2.24, 2.45) is 23.2 Å². The highest BCUT2D eigenvalue weighted by molar-refractivity contribution is 5.73. The molecule has 2 heterocycles. The molecule has 202 valence electrons. The predicted molar refractivity (Wildman–Crippen MR) is 132 cm³/mol. The van der Waals surface area contributed by atoms with Crippen molar-refractivity contribution in [1.29, 1.82) is 0 Å². The van der Waals surface area contributed by atoms with Crippen LogP contribution in [0.3, 0.4) is 0 Å². The van der Waals surface area contributed by atoms with Gasteiger partial charge in [-0.25, -0.2) is 0 Å². The lowest BCUT2D eigenvalue weighted by molar-refractivity contribution is -0.140. The molecule has 0 radical (unpaired) electrons. The summed E-state index contributed by atoms with van der Waals surface area (Å²) >= 11 is 0. The number of hydrogen-bond donors (Lipinski definition) is 4. The molecule has 1 saturated heterocycles. The van der Waals surface area contributed by atoms with Crippen molar-refractivity contribution in [2.45, 2.75) is 102 Å². The van der Waals surface area contributed by atoms with E-state index in [1.807, 2.05) is 18.0 Å². The highest BCUT2D eigenvalue weighted by atomic mass is 16.5. The van der Waals surface area contributed by atoms with Gasteiger partial charge in [0.25, 0.3) is 0 Å². The van der Waals surface area contributed by atoms with Gasteiger partial charge in [0, 0.05) is 19.5 Å².